The number of hydrogen-bond donors (Lipinski definition) is 2. The minimum absolute atomic E-state index is 0.0482. The molecule has 1 aromatic rings. The van der Waals surface area contributed by atoms with Gasteiger partial charge in [0.05, 0.1) is 6.04 Å². The fraction of sp³-hybridized carbons (Fsp3) is 0.231. The molecule has 1 aliphatic heterocycles. The fourth-order valence-electron chi connectivity index (χ4n) is 2.07. The number of ketones is 1. The molecule has 1 aromatic carbocycles. The molecule has 5 heteroatoms. The molecule has 0 saturated carbocycles. The van der Waals surface area contributed by atoms with Crippen molar-refractivity contribution in [3.8, 4) is 0 Å². The maximum absolute atomic E-state index is 11.7. The summed E-state index contributed by atoms with van der Waals surface area (Å²) in [6.45, 7) is 3.24. The molecule has 4 nitrogen and oxygen atoms in total. The largest absolute Gasteiger partial charge is 0.327 e. The molecule has 1 aliphatic rings. The number of halogens is 1. The average molecular weight is 309 g/mol. The predicted octanol–water partition coefficient (Wildman–Crippen LogP) is 2.67. The first kappa shape index (κ1) is 12.8. The van der Waals surface area contributed by atoms with Gasteiger partial charge in [0.2, 0.25) is 0 Å². The number of amides is 2. The molecule has 18 heavy (non-hydrogen) atoms. The summed E-state index contributed by atoms with van der Waals surface area (Å²) in [4.78, 5) is 23.2. The van der Waals surface area contributed by atoms with Crippen LogP contribution in [0.5, 0.6) is 0 Å². The Kier molecular flexibility index (Phi) is 3.52. The zero-order valence-corrected chi connectivity index (χ0v) is 11.7. The molecule has 0 bridgehead atoms. The van der Waals surface area contributed by atoms with Gasteiger partial charge in [0.25, 0.3) is 0 Å². The smallest absolute Gasteiger partial charge is 0.319 e. The van der Waals surface area contributed by atoms with Gasteiger partial charge in [-0.05, 0) is 31.5 Å². The number of urea groups is 1. The van der Waals surface area contributed by atoms with Gasteiger partial charge in [-0.1, -0.05) is 28.1 Å². The Morgan fingerprint density at radius 2 is 1.89 bits per heavy atom. The summed E-state index contributed by atoms with van der Waals surface area (Å²) in [7, 11) is 0. The minimum atomic E-state index is -0.385. The topological polar surface area (TPSA) is 58.2 Å². The Morgan fingerprint density at radius 3 is 2.44 bits per heavy atom. The fourth-order valence-corrected chi connectivity index (χ4v) is 2.33. The van der Waals surface area contributed by atoms with Crippen molar-refractivity contribution in [3.63, 3.8) is 0 Å². The first-order valence-electron chi connectivity index (χ1n) is 5.53. The van der Waals surface area contributed by atoms with Crippen molar-refractivity contribution < 1.29 is 9.59 Å². The third-order valence-electron chi connectivity index (χ3n) is 2.85. The molecule has 2 rings (SSSR count). The van der Waals surface area contributed by atoms with E-state index in [2.05, 4.69) is 26.6 Å². The van der Waals surface area contributed by atoms with Crippen LogP contribution in [-0.4, -0.2) is 11.8 Å². The van der Waals surface area contributed by atoms with Gasteiger partial charge < -0.3 is 10.6 Å². The molecule has 0 unspecified atom stereocenters. The Labute approximate surface area is 114 Å². The van der Waals surface area contributed by atoms with E-state index in [-0.39, 0.29) is 17.9 Å². The van der Waals surface area contributed by atoms with Crippen molar-refractivity contribution in [1.29, 1.82) is 0 Å². The second-order valence-corrected chi connectivity index (χ2v) is 5.09. The minimum Gasteiger partial charge on any atom is -0.327 e. The van der Waals surface area contributed by atoms with Crippen LogP contribution in [0.3, 0.4) is 0 Å². The van der Waals surface area contributed by atoms with E-state index in [1.165, 1.54) is 6.92 Å². The standard InChI is InChI=1S/C13H13BrN2O2/c1-7-11(8(2)17)12(16-13(18)15-7)9-3-5-10(14)6-4-9/h3-6,12H,1-2H3,(H2,15,16,18)/t12-/m1/s1. The summed E-state index contributed by atoms with van der Waals surface area (Å²) in [5.74, 6) is -0.0482. The monoisotopic (exact) mass is 308 g/mol. The van der Waals surface area contributed by atoms with Crippen molar-refractivity contribution in [2.24, 2.45) is 0 Å². The highest BCUT2D eigenvalue weighted by atomic mass is 79.9. The molecule has 0 saturated heterocycles. The number of Topliss-reactive ketones (excluding diaryl/α,β-unsaturated/α-hetero) is 1. The zero-order chi connectivity index (χ0) is 13.3. The third-order valence-corrected chi connectivity index (χ3v) is 3.38. The number of hydrogen-bond acceptors (Lipinski definition) is 2. The Balaban J connectivity index is 2.46. The van der Waals surface area contributed by atoms with E-state index in [0.29, 0.717) is 11.3 Å². The number of rotatable bonds is 2. The molecule has 0 radical (unpaired) electrons. The van der Waals surface area contributed by atoms with E-state index < -0.39 is 0 Å². The van der Waals surface area contributed by atoms with Crippen molar-refractivity contribution in [2.75, 3.05) is 0 Å². The highest BCUT2D eigenvalue weighted by Crippen LogP contribution is 2.27. The number of benzene rings is 1. The van der Waals surface area contributed by atoms with Gasteiger partial charge in [0.1, 0.15) is 0 Å². The normalized spacial score (nSPS) is 19.3. The molecule has 0 fully saturated rings. The quantitative estimate of drug-likeness (QED) is 0.882. The summed E-state index contributed by atoms with van der Waals surface area (Å²) < 4.78 is 0.955. The first-order chi connectivity index (χ1) is 8.49. The number of carbonyl (C=O) groups excluding carboxylic acids is 2. The van der Waals surface area contributed by atoms with Crippen LogP contribution < -0.4 is 10.6 Å². The lowest BCUT2D eigenvalue weighted by atomic mass is 9.93. The van der Waals surface area contributed by atoms with Gasteiger partial charge >= 0.3 is 6.03 Å². The molecule has 2 amide bonds. The molecule has 2 N–H and O–H groups in total. The van der Waals surface area contributed by atoms with Crippen LogP contribution in [0.2, 0.25) is 0 Å². The summed E-state index contributed by atoms with van der Waals surface area (Å²) in [6, 6.07) is 6.87. The average Bonchev–Trinajstić information content (AvgIpc) is 2.28. The zero-order valence-electron chi connectivity index (χ0n) is 10.1. The van der Waals surface area contributed by atoms with Crippen molar-refractivity contribution >= 4 is 27.7 Å². The summed E-state index contributed by atoms with van der Waals surface area (Å²) >= 11 is 3.36. The highest BCUT2D eigenvalue weighted by molar-refractivity contribution is 9.10. The molecule has 1 atom stereocenters. The second kappa shape index (κ2) is 4.94. The van der Waals surface area contributed by atoms with E-state index in [1.54, 1.807) is 6.92 Å². The van der Waals surface area contributed by atoms with Crippen LogP contribution in [0.15, 0.2) is 40.0 Å². The van der Waals surface area contributed by atoms with E-state index in [9.17, 15) is 9.59 Å². The maximum Gasteiger partial charge on any atom is 0.319 e. The highest BCUT2D eigenvalue weighted by Gasteiger charge is 2.28. The van der Waals surface area contributed by atoms with Crippen LogP contribution in [0, 0.1) is 0 Å². The Bertz CT molecular complexity index is 534. The number of allylic oxidation sites excluding steroid dienone is 1. The molecular weight excluding hydrogens is 296 g/mol. The molecule has 1 heterocycles. The van der Waals surface area contributed by atoms with E-state index in [0.717, 1.165) is 10.0 Å². The molecule has 0 aliphatic carbocycles. The van der Waals surface area contributed by atoms with Gasteiger partial charge in [-0.25, -0.2) is 4.79 Å². The lowest BCUT2D eigenvalue weighted by Crippen LogP contribution is -2.44. The Morgan fingerprint density at radius 1 is 1.28 bits per heavy atom. The second-order valence-electron chi connectivity index (χ2n) is 4.18. The van der Waals surface area contributed by atoms with Gasteiger partial charge in [-0.2, -0.15) is 0 Å². The molecule has 0 aromatic heterocycles. The van der Waals surface area contributed by atoms with Crippen LogP contribution >= 0.6 is 15.9 Å². The third kappa shape index (κ3) is 2.46. The summed E-state index contributed by atoms with van der Waals surface area (Å²) in [5.41, 5.74) is 2.09. The number of nitrogens with one attached hydrogen (secondary N) is 2. The van der Waals surface area contributed by atoms with Gasteiger partial charge in [0, 0.05) is 15.7 Å². The Hall–Kier alpha value is -1.62. The van der Waals surface area contributed by atoms with Crippen molar-refractivity contribution in [1.82, 2.24) is 10.6 Å². The van der Waals surface area contributed by atoms with Gasteiger partial charge in [0.15, 0.2) is 5.78 Å². The molecular formula is C13H13BrN2O2. The maximum atomic E-state index is 11.7. The predicted molar refractivity (Wildman–Crippen MR) is 71.9 cm³/mol. The van der Waals surface area contributed by atoms with E-state index in [1.807, 2.05) is 24.3 Å². The van der Waals surface area contributed by atoms with Crippen LogP contribution in [0.1, 0.15) is 25.5 Å². The van der Waals surface area contributed by atoms with E-state index >= 15 is 0 Å². The van der Waals surface area contributed by atoms with Gasteiger partial charge in [-0.15, -0.1) is 0 Å². The van der Waals surface area contributed by atoms with Crippen LogP contribution in [0.4, 0.5) is 4.79 Å². The summed E-state index contributed by atoms with van der Waals surface area (Å²) in [6.07, 6.45) is 0. The molecule has 0 spiro atoms. The summed E-state index contributed by atoms with van der Waals surface area (Å²) in [5, 5.41) is 5.39. The lowest BCUT2D eigenvalue weighted by molar-refractivity contribution is -0.114. The lowest BCUT2D eigenvalue weighted by Gasteiger charge is -2.28. The van der Waals surface area contributed by atoms with Gasteiger partial charge in [-0.3, -0.25) is 4.79 Å². The van der Waals surface area contributed by atoms with E-state index in [4.69, 9.17) is 0 Å². The molecule has 94 valence electrons. The van der Waals surface area contributed by atoms with Crippen molar-refractivity contribution in [2.45, 2.75) is 19.9 Å². The van der Waals surface area contributed by atoms with Crippen LogP contribution in [0.25, 0.3) is 0 Å². The SMILES string of the molecule is CC(=O)C1=C(C)NC(=O)N[C@@H]1c1ccc(Br)cc1. The van der Waals surface area contributed by atoms with Crippen LogP contribution in [-0.2, 0) is 4.79 Å². The first-order valence-corrected chi connectivity index (χ1v) is 6.33. The van der Waals surface area contributed by atoms with Crippen molar-refractivity contribution in [3.05, 3.63) is 45.6 Å². The number of carbonyl (C=O) groups is 2.